The summed E-state index contributed by atoms with van der Waals surface area (Å²) in [7, 11) is 1.65. The molecular formula is C20H23N3O2S. The SMILES string of the molecule is COc1ccc(CNC(=S)Nc2ccc(C)c(N3CCCC3=O)c2)cc1. The van der Waals surface area contributed by atoms with Crippen LogP contribution in [0.15, 0.2) is 42.5 Å². The molecule has 1 aliphatic rings. The molecule has 5 nitrogen and oxygen atoms in total. The van der Waals surface area contributed by atoms with Crippen molar-refractivity contribution in [1.29, 1.82) is 0 Å². The number of rotatable bonds is 5. The second kappa shape index (κ2) is 8.19. The minimum absolute atomic E-state index is 0.186. The summed E-state index contributed by atoms with van der Waals surface area (Å²) in [6.07, 6.45) is 1.54. The number of anilines is 2. The van der Waals surface area contributed by atoms with Gasteiger partial charge in [0.15, 0.2) is 5.11 Å². The zero-order chi connectivity index (χ0) is 18.5. The molecule has 1 aliphatic heterocycles. The average molecular weight is 369 g/mol. The first kappa shape index (κ1) is 18.2. The number of amides is 1. The van der Waals surface area contributed by atoms with Gasteiger partial charge in [-0.15, -0.1) is 0 Å². The highest BCUT2D eigenvalue weighted by molar-refractivity contribution is 7.80. The Morgan fingerprint density at radius 2 is 2.00 bits per heavy atom. The van der Waals surface area contributed by atoms with Crippen LogP contribution in [0.2, 0.25) is 0 Å². The zero-order valence-electron chi connectivity index (χ0n) is 15.0. The second-order valence-corrected chi connectivity index (χ2v) is 6.71. The molecule has 0 radical (unpaired) electrons. The van der Waals surface area contributed by atoms with Crippen molar-refractivity contribution in [2.75, 3.05) is 23.9 Å². The predicted octanol–water partition coefficient (Wildman–Crippen LogP) is 3.62. The number of nitrogens with zero attached hydrogens (tertiary/aromatic N) is 1. The third-order valence-corrected chi connectivity index (χ3v) is 4.69. The van der Waals surface area contributed by atoms with Crippen LogP contribution < -0.4 is 20.3 Å². The Labute approximate surface area is 159 Å². The molecule has 3 rings (SSSR count). The highest BCUT2D eigenvalue weighted by atomic mass is 32.1. The average Bonchev–Trinajstić information content (AvgIpc) is 3.08. The summed E-state index contributed by atoms with van der Waals surface area (Å²) in [6, 6.07) is 13.8. The monoisotopic (exact) mass is 369 g/mol. The summed E-state index contributed by atoms with van der Waals surface area (Å²) in [5.41, 5.74) is 4.03. The van der Waals surface area contributed by atoms with Gasteiger partial charge in [-0.2, -0.15) is 0 Å². The maximum Gasteiger partial charge on any atom is 0.227 e. The van der Waals surface area contributed by atoms with Crippen molar-refractivity contribution in [3.8, 4) is 5.75 Å². The Morgan fingerprint density at radius 1 is 1.23 bits per heavy atom. The summed E-state index contributed by atoms with van der Waals surface area (Å²) in [6.45, 7) is 3.42. The van der Waals surface area contributed by atoms with Crippen LogP contribution in [0.5, 0.6) is 5.75 Å². The van der Waals surface area contributed by atoms with Crippen molar-refractivity contribution in [3.63, 3.8) is 0 Å². The molecule has 26 heavy (non-hydrogen) atoms. The van der Waals surface area contributed by atoms with Crippen molar-refractivity contribution in [1.82, 2.24) is 5.32 Å². The minimum Gasteiger partial charge on any atom is -0.497 e. The van der Waals surface area contributed by atoms with Gasteiger partial charge in [-0.1, -0.05) is 18.2 Å². The molecule has 1 fully saturated rings. The van der Waals surface area contributed by atoms with E-state index < -0.39 is 0 Å². The van der Waals surface area contributed by atoms with Crippen LogP contribution in [-0.2, 0) is 11.3 Å². The number of hydrogen-bond acceptors (Lipinski definition) is 3. The van der Waals surface area contributed by atoms with Gasteiger partial charge in [-0.3, -0.25) is 4.79 Å². The fourth-order valence-corrected chi connectivity index (χ4v) is 3.17. The fourth-order valence-electron chi connectivity index (χ4n) is 2.98. The van der Waals surface area contributed by atoms with Gasteiger partial charge >= 0.3 is 0 Å². The maximum absolute atomic E-state index is 12.0. The molecule has 136 valence electrons. The number of aryl methyl sites for hydroxylation is 1. The summed E-state index contributed by atoms with van der Waals surface area (Å²) >= 11 is 5.39. The lowest BCUT2D eigenvalue weighted by Crippen LogP contribution is -2.28. The topological polar surface area (TPSA) is 53.6 Å². The number of benzene rings is 2. The molecule has 0 spiro atoms. The Kier molecular flexibility index (Phi) is 5.73. The van der Waals surface area contributed by atoms with Gasteiger partial charge < -0.3 is 20.3 Å². The molecule has 2 N–H and O–H groups in total. The van der Waals surface area contributed by atoms with E-state index in [4.69, 9.17) is 17.0 Å². The first-order valence-electron chi connectivity index (χ1n) is 8.65. The number of ether oxygens (including phenoxy) is 1. The Morgan fingerprint density at radius 3 is 2.65 bits per heavy atom. The Balaban J connectivity index is 1.61. The van der Waals surface area contributed by atoms with Crippen molar-refractivity contribution >= 4 is 34.6 Å². The van der Waals surface area contributed by atoms with Crippen LogP contribution in [0.3, 0.4) is 0 Å². The number of carbonyl (C=O) groups excluding carboxylic acids is 1. The van der Waals surface area contributed by atoms with E-state index in [-0.39, 0.29) is 5.91 Å². The highest BCUT2D eigenvalue weighted by Gasteiger charge is 2.23. The zero-order valence-corrected chi connectivity index (χ0v) is 15.9. The highest BCUT2D eigenvalue weighted by Crippen LogP contribution is 2.28. The fraction of sp³-hybridized carbons (Fsp3) is 0.300. The lowest BCUT2D eigenvalue weighted by molar-refractivity contribution is -0.117. The molecule has 1 saturated heterocycles. The van der Waals surface area contributed by atoms with E-state index in [9.17, 15) is 4.79 Å². The van der Waals surface area contributed by atoms with E-state index in [1.165, 1.54) is 0 Å². The largest absolute Gasteiger partial charge is 0.497 e. The van der Waals surface area contributed by atoms with Crippen molar-refractivity contribution in [3.05, 3.63) is 53.6 Å². The molecule has 2 aromatic rings. The molecule has 0 saturated carbocycles. The number of hydrogen-bond donors (Lipinski definition) is 2. The van der Waals surface area contributed by atoms with E-state index in [1.807, 2.05) is 54.3 Å². The molecule has 0 atom stereocenters. The van der Waals surface area contributed by atoms with E-state index in [0.29, 0.717) is 18.1 Å². The smallest absolute Gasteiger partial charge is 0.227 e. The normalized spacial score (nSPS) is 13.6. The minimum atomic E-state index is 0.186. The van der Waals surface area contributed by atoms with Crippen LogP contribution in [0.4, 0.5) is 11.4 Å². The second-order valence-electron chi connectivity index (χ2n) is 6.31. The van der Waals surface area contributed by atoms with Gasteiger partial charge in [0, 0.05) is 30.9 Å². The van der Waals surface area contributed by atoms with E-state index in [1.54, 1.807) is 7.11 Å². The van der Waals surface area contributed by atoms with Crippen LogP contribution >= 0.6 is 12.2 Å². The quantitative estimate of drug-likeness (QED) is 0.789. The first-order chi connectivity index (χ1) is 12.6. The third-order valence-electron chi connectivity index (χ3n) is 4.44. The van der Waals surface area contributed by atoms with Gasteiger partial charge in [-0.25, -0.2) is 0 Å². The predicted molar refractivity (Wildman–Crippen MR) is 109 cm³/mol. The van der Waals surface area contributed by atoms with Crippen molar-refractivity contribution < 1.29 is 9.53 Å². The molecule has 0 bridgehead atoms. The molecule has 0 unspecified atom stereocenters. The van der Waals surface area contributed by atoms with Crippen molar-refractivity contribution in [2.45, 2.75) is 26.3 Å². The molecule has 6 heteroatoms. The van der Waals surface area contributed by atoms with E-state index >= 15 is 0 Å². The van der Waals surface area contributed by atoms with Gasteiger partial charge in [0.25, 0.3) is 0 Å². The number of thiocarbonyl (C=S) groups is 1. The summed E-state index contributed by atoms with van der Waals surface area (Å²) in [5, 5.41) is 6.94. The van der Waals surface area contributed by atoms with Crippen LogP contribution in [-0.4, -0.2) is 24.7 Å². The summed E-state index contributed by atoms with van der Waals surface area (Å²) in [5.74, 6) is 1.02. The van der Waals surface area contributed by atoms with Crippen LogP contribution in [0.25, 0.3) is 0 Å². The number of nitrogens with one attached hydrogen (secondary N) is 2. The lowest BCUT2D eigenvalue weighted by atomic mass is 10.1. The maximum atomic E-state index is 12.0. The number of methoxy groups -OCH3 is 1. The van der Waals surface area contributed by atoms with Gasteiger partial charge in [0.2, 0.25) is 5.91 Å². The molecule has 1 amide bonds. The van der Waals surface area contributed by atoms with E-state index in [2.05, 4.69) is 10.6 Å². The first-order valence-corrected chi connectivity index (χ1v) is 9.06. The van der Waals surface area contributed by atoms with Crippen LogP contribution in [0, 0.1) is 6.92 Å². The summed E-state index contributed by atoms with van der Waals surface area (Å²) in [4.78, 5) is 13.9. The van der Waals surface area contributed by atoms with Crippen LogP contribution in [0.1, 0.15) is 24.0 Å². The molecule has 0 aliphatic carbocycles. The van der Waals surface area contributed by atoms with Gasteiger partial charge in [0.1, 0.15) is 5.75 Å². The Bertz CT molecular complexity index is 805. The van der Waals surface area contributed by atoms with E-state index in [0.717, 1.165) is 41.2 Å². The standard InChI is InChI=1S/C20H23N3O2S/c1-14-5-8-16(12-18(14)23-11-3-4-19(23)24)22-20(26)21-13-15-6-9-17(25-2)10-7-15/h5-10,12H,3-4,11,13H2,1-2H3,(H2,21,22,26). The summed E-state index contributed by atoms with van der Waals surface area (Å²) < 4.78 is 5.16. The third kappa shape index (κ3) is 4.32. The van der Waals surface area contributed by atoms with Gasteiger partial charge in [-0.05, 0) is 61.0 Å². The molecule has 2 aromatic carbocycles. The Hall–Kier alpha value is -2.60. The van der Waals surface area contributed by atoms with Crippen molar-refractivity contribution in [2.24, 2.45) is 0 Å². The van der Waals surface area contributed by atoms with Gasteiger partial charge in [0.05, 0.1) is 7.11 Å². The number of carbonyl (C=O) groups is 1. The molecule has 1 heterocycles. The lowest BCUT2D eigenvalue weighted by Gasteiger charge is -2.20. The molecule has 0 aromatic heterocycles. The molecular weight excluding hydrogens is 346 g/mol.